The molecule has 0 aliphatic rings. The molecule has 0 amide bonds. The number of rotatable bonds is 9. The lowest BCUT2D eigenvalue weighted by Gasteiger charge is -2.17. The van der Waals surface area contributed by atoms with Crippen molar-refractivity contribution in [1.82, 2.24) is 0 Å². The standard InChI is InChI=1S/C20H31FO/c1-6-7-8-9-10-11-15(4)20(22)19-13-17(21)12-18(14(2)3)16(19)5/h12-15H,6-11H2,1-5H3. The maximum absolute atomic E-state index is 13.8. The minimum Gasteiger partial charge on any atom is -0.294 e. The Balaban J connectivity index is 2.76. The van der Waals surface area contributed by atoms with E-state index in [0.717, 1.165) is 24.0 Å². The summed E-state index contributed by atoms with van der Waals surface area (Å²) in [5, 5.41) is 0. The van der Waals surface area contributed by atoms with Gasteiger partial charge >= 0.3 is 0 Å². The van der Waals surface area contributed by atoms with Crippen molar-refractivity contribution in [3.8, 4) is 0 Å². The van der Waals surface area contributed by atoms with Gasteiger partial charge in [0.1, 0.15) is 5.82 Å². The number of halogens is 1. The first-order valence-corrected chi connectivity index (χ1v) is 8.72. The zero-order valence-corrected chi connectivity index (χ0v) is 14.8. The lowest BCUT2D eigenvalue weighted by atomic mass is 9.87. The van der Waals surface area contributed by atoms with Crippen LogP contribution in [0.2, 0.25) is 0 Å². The van der Waals surface area contributed by atoms with E-state index in [2.05, 4.69) is 6.92 Å². The average Bonchev–Trinajstić information content (AvgIpc) is 2.47. The van der Waals surface area contributed by atoms with Gasteiger partial charge in [0.2, 0.25) is 0 Å². The molecular formula is C20H31FO. The van der Waals surface area contributed by atoms with E-state index < -0.39 is 0 Å². The molecule has 124 valence electrons. The molecule has 1 aromatic carbocycles. The molecule has 0 heterocycles. The van der Waals surface area contributed by atoms with Gasteiger partial charge in [-0.2, -0.15) is 0 Å². The smallest absolute Gasteiger partial charge is 0.166 e. The molecule has 0 aromatic heterocycles. The molecule has 0 aliphatic heterocycles. The van der Waals surface area contributed by atoms with Crippen molar-refractivity contribution in [2.24, 2.45) is 5.92 Å². The number of carbonyl (C=O) groups is 1. The second-order valence-electron chi connectivity index (χ2n) is 6.79. The average molecular weight is 306 g/mol. The Morgan fingerprint density at radius 2 is 1.73 bits per heavy atom. The third-order valence-corrected chi connectivity index (χ3v) is 4.49. The number of carbonyl (C=O) groups excluding carboxylic acids is 1. The molecular weight excluding hydrogens is 275 g/mol. The van der Waals surface area contributed by atoms with Crippen molar-refractivity contribution < 1.29 is 9.18 Å². The molecule has 22 heavy (non-hydrogen) atoms. The summed E-state index contributed by atoms with van der Waals surface area (Å²) >= 11 is 0. The van der Waals surface area contributed by atoms with Gasteiger partial charge in [-0.1, -0.05) is 59.8 Å². The van der Waals surface area contributed by atoms with Crippen LogP contribution in [0.15, 0.2) is 12.1 Å². The Hall–Kier alpha value is -1.18. The second-order valence-corrected chi connectivity index (χ2v) is 6.79. The number of Topliss-reactive ketones (excluding diaryl/α,β-unsaturated/α-hetero) is 1. The van der Waals surface area contributed by atoms with Gasteiger partial charge in [0.15, 0.2) is 5.78 Å². The van der Waals surface area contributed by atoms with E-state index in [1.165, 1.54) is 31.7 Å². The Bertz CT molecular complexity index is 491. The summed E-state index contributed by atoms with van der Waals surface area (Å²) < 4.78 is 13.8. The summed E-state index contributed by atoms with van der Waals surface area (Å²) in [6.45, 7) is 10.2. The highest BCUT2D eigenvalue weighted by Crippen LogP contribution is 2.26. The number of benzene rings is 1. The fourth-order valence-corrected chi connectivity index (χ4v) is 3.01. The van der Waals surface area contributed by atoms with Gasteiger partial charge in [-0.3, -0.25) is 4.79 Å². The van der Waals surface area contributed by atoms with E-state index in [1.54, 1.807) is 6.07 Å². The Morgan fingerprint density at radius 3 is 2.32 bits per heavy atom. The number of ketones is 1. The van der Waals surface area contributed by atoms with Crippen molar-refractivity contribution in [3.05, 3.63) is 34.6 Å². The van der Waals surface area contributed by atoms with Crippen LogP contribution in [0.5, 0.6) is 0 Å². The van der Waals surface area contributed by atoms with Gasteiger partial charge in [0.25, 0.3) is 0 Å². The highest BCUT2D eigenvalue weighted by molar-refractivity contribution is 5.99. The third kappa shape index (κ3) is 5.23. The molecule has 0 fully saturated rings. The highest BCUT2D eigenvalue weighted by atomic mass is 19.1. The Kier molecular flexibility index (Phi) is 7.78. The first-order valence-electron chi connectivity index (χ1n) is 8.72. The molecule has 1 rings (SSSR count). The van der Waals surface area contributed by atoms with E-state index >= 15 is 0 Å². The SMILES string of the molecule is CCCCCCCC(C)C(=O)c1cc(F)cc(C(C)C)c1C. The molecule has 0 N–H and O–H groups in total. The minimum atomic E-state index is -0.298. The Morgan fingerprint density at radius 1 is 1.09 bits per heavy atom. The van der Waals surface area contributed by atoms with Crippen molar-refractivity contribution in [2.45, 2.75) is 79.1 Å². The van der Waals surface area contributed by atoms with Gasteiger partial charge in [-0.15, -0.1) is 0 Å². The van der Waals surface area contributed by atoms with Crippen LogP contribution in [0.4, 0.5) is 4.39 Å². The zero-order chi connectivity index (χ0) is 16.7. The van der Waals surface area contributed by atoms with E-state index in [0.29, 0.717) is 5.56 Å². The highest BCUT2D eigenvalue weighted by Gasteiger charge is 2.20. The van der Waals surface area contributed by atoms with Crippen molar-refractivity contribution in [3.63, 3.8) is 0 Å². The van der Waals surface area contributed by atoms with Crippen LogP contribution < -0.4 is 0 Å². The maximum atomic E-state index is 13.8. The second kappa shape index (κ2) is 9.07. The van der Waals surface area contributed by atoms with Crippen LogP contribution in [-0.2, 0) is 0 Å². The lowest BCUT2D eigenvalue weighted by Crippen LogP contribution is -2.14. The predicted octanol–water partition coefficient (Wildman–Crippen LogP) is 6.44. The fourth-order valence-electron chi connectivity index (χ4n) is 3.01. The molecule has 1 nitrogen and oxygen atoms in total. The number of hydrogen-bond acceptors (Lipinski definition) is 1. The van der Waals surface area contributed by atoms with Crippen molar-refractivity contribution >= 4 is 5.78 Å². The van der Waals surface area contributed by atoms with Crippen LogP contribution in [0.3, 0.4) is 0 Å². The first kappa shape index (κ1) is 18.9. The van der Waals surface area contributed by atoms with Crippen LogP contribution in [-0.4, -0.2) is 5.78 Å². The molecule has 1 unspecified atom stereocenters. The third-order valence-electron chi connectivity index (χ3n) is 4.49. The van der Waals surface area contributed by atoms with E-state index in [-0.39, 0.29) is 23.4 Å². The topological polar surface area (TPSA) is 17.1 Å². The monoisotopic (exact) mass is 306 g/mol. The van der Waals surface area contributed by atoms with Gasteiger partial charge in [-0.05, 0) is 42.5 Å². The molecule has 0 saturated carbocycles. The first-order chi connectivity index (χ1) is 10.4. The van der Waals surface area contributed by atoms with E-state index in [1.807, 2.05) is 27.7 Å². The van der Waals surface area contributed by atoms with Gasteiger partial charge in [0.05, 0.1) is 0 Å². The minimum absolute atomic E-state index is 0.0258. The fraction of sp³-hybridized carbons (Fsp3) is 0.650. The van der Waals surface area contributed by atoms with Crippen molar-refractivity contribution in [2.75, 3.05) is 0 Å². The number of unbranched alkanes of at least 4 members (excludes halogenated alkanes) is 4. The predicted molar refractivity (Wildman–Crippen MR) is 92.1 cm³/mol. The molecule has 0 saturated heterocycles. The molecule has 2 heteroatoms. The van der Waals surface area contributed by atoms with E-state index in [4.69, 9.17) is 0 Å². The van der Waals surface area contributed by atoms with Gasteiger partial charge in [0, 0.05) is 11.5 Å². The molecule has 0 aliphatic carbocycles. The van der Waals surface area contributed by atoms with Crippen LogP contribution in [0.1, 0.15) is 93.6 Å². The van der Waals surface area contributed by atoms with Crippen LogP contribution in [0.25, 0.3) is 0 Å². The zero-order valence-electron chi connectivity index (χ0n) is 14.8. The number of hydrogen-bond donors (Lipinski definition) is 0. The summed E-state index contributed by atoms with van der Waals surface area (Å²) in [4.78, 5) is 12.6. The molecule has 0 bridgehead atoms. The molecule has 0 spiro atoms. The summed E-state index contributed by atoms with van der Waals surface area (Å²) in [5.41, 5.74) is 2.46. The van der Waals surface area contributed by atoms with E-state index in [9.17, 15) is 9.18 Å². The molecule has 1 aromatic rings. The van der Waals surface area contributed by atoms with Crippen molar-refractivity contribution in [1.29, 1.82) is 0 Å². The quantitative estimate of drug-likeness (QED) is 0.379. The van der Waals surface area contributed by atoms with Crippen LogP contribution in [0, 0.1) is 18.7 Å². The normalized spacial score (nSPS) is 12.7. The van der Waals surface area contributed by atoms with Crippen LogP contribution >= 0.6 is 0 Å². The Labute approximate surface area is 135 Å². The lowest BCUT2D eigenvalue weighted by molar-refractivity contribution is 0.0921. The maximum Gasteiger partial charge on any atom is 0.166 e. The summed E-state index contributed by atoms with van der Waals surface area (Å²) in [5.74, 6) is -0.00377. The summed E-state index contributed by atoms with van der Waals surface area (Å²) in [6, 6.07) is 2.98. The van der Waals surface area contributed by atoms with Gasteiger partial charge < -0.3 is 0 Å². The molecule has 1 atom stereocenters. The molecule has 0 radical (unpaired) electrons. The largest absolute Gasteiger partial charge is 0.294 e. The summed E-state index contributed by atoms with van der Waals surface area (Å²) in [7, 11) is 0. The summed E-state index contributed by atoms with van der Waals surface area (Å²) in [6.07, 6.45) is 6.91. The van der Waals surface area contributed by atoms with Gasteiger partial charge in [-0.25, -0.2) is 4.39 Å².